The van der Waals surface area contributed by atoms with E-state index in [4.69, 9.17) is 0 Å². The van der Waals surface area contributed by atoms with Gasteiger partial charge >= 0.3 is 0 Å². The largest absolute Gasteiger partial charge is 0.388 e. The second-order valence-electron chi connectivity index (χ2n) is 4.60. The van der Waals surface area contributed by atoms with Crippen LogP contribution in [0.1, 0.15) is 57.6 Å². The van der Waals surface area contributed by atoms with Gasteiger partial charge in [-0.05, 0) is 18.4 Å². The summed E-state index contributed by atoms with van der Waals surface area (Å²) in [7, 11) is 0. The summed E-state index contributed by atoms with van der Waals surface area (Å²) < 4.78 is 13.0. The van der Waals surface area contributed by atoms with Crippen LogP contribution in [0.15, 0.2) is 18.5 Å². The lowest BCUT2D eigenvalue weighted by Gasteiger charge is -2.18. The van der Waals surface area contributed by atoms with E-state index in [0.717, 1.165) is 19.0 Å². The number of hydrogen-bond donors (Lipinski definition) is 1. The summed E-state index contributed by atoms with van der Waals surface area (Å²) in [6.07, 6.45) is 7.35. The highest BCUT2D eigenvalue weighted by molar-refractivity contribution is 5.13. The molecule has 0 saturated carbocycles. The maximum Gasteiger partial charge on any atom is 0.141 e. The van der Waals surface area contributed by atoms with Gasteiger partial charge < -0.3 is 5.11 Å². The van der Waals surface area contributed by atoms with Crippen molar-refractivity contribution in [2.75, 3.05) is 0 Å². The molecular weight excluding hydrogens is 217 g/mol. The molecule has 2 atom stereocenters. The van der Waals surface area contributed by atoms with Gasteiger partial charge in [-0.15, -0.1) is 0 Å². The molecule has 1 rings (SSSR count). The molecule has 1 aromatic rings. The van der Waals surface area contributed by atoms with E-state index >= 15 is 0 Å². The number of nitrogens with zero attached hydrogens (tertiary/aromatic N) is 1. The zero-order valence-corrected chi connectivity index (χ0v) is 10.7. The lowest BCUT2D eigenvalue weighted by molar-refractivity contribution is 0.138. The van der Waals surface area contributed by atoms with Crippen LogP contribution in [0.25, 0.3) is 0 Å². The first-order chi connectivity index (χ1) is 8.17. The molecule has 17 heavy (non-hydrogen) atoms. The SMILES string of the molecule is CCCCC(CC)CC(O)c1cncc(F)c1. The molecule has 0 spiro atoms. The van der Waals surface area contributed by atoms with Crippen LogP contribution in [0.2, 0.25) is 0 Å². The fourth-order valence-corrected chi connectivity index (χ4v) is 2.04. The average molecular weight is 239 g/mol. The number of hydrogen-bond acceptors (Lipinski definition) is 2. The van der Waals surface area contributed by atoms with E-state index in [2.05, 4.69) is 18.8 Å². The van der Waals surface area contributed by atoms with Crippen molar-refractivity contribution in [3.05, 3.63) is 29.8 Å². The van der Waals surface area contributed by atoms with E-state index in [1.165, 1.54) is 18.9 Å². The number of aliphatic hydroxyl groups is 1. The molecule has 0 fully saturated rings. The number of unbranched alkanes of at least 4 members (excludes halogenated alkanes) is 1. The minimum Gasteiger partial charge on any atom is -0.388 e. The minimum atomic E-state index is -0.597. The summed E-state index contributed by atoms with van der Waals surface area (Å²) in [4.78, 5) is 3.77. The average Bonchev–Trinajstić information content (AvgIpc) is 2.34. The number of pyridine rings is 1. The fourth-order valence-electron chi connectivity index (χ4n) is 2.04. The van der Waals surface area contributed by atoms with Gasteiger partial charge in [-0.3, -0.25) is 4.98 Å². The van der Waals surface area contributed by atoms with Gasteiger partial charge in [0.05, 0.1) is 12.3 Å². The van der Waals surface area contributed by atoms with Crippen LogP contribution in [-0.4, -0.2) is 10.1 Å². The molecule has 2 nitrogen and oxygen atoms in total. The Balaban J connectivity index is 2.54. The summed E-state index contributed by atoms with van der Waals surface area (Å²) in [6.45, 7) is 4.30. The van der Waals surface area contributed by atoms with Crippen LogP contribution in [0.3, 0.4) is 0 Å². The highest BCUT2D eigenvalue weighted by Gasteiger charge is 2.15. The zero-order chi connectivity index (χ0) is 12.7. The van der Waals surface area contributed by atoms with Crippen LogP contribution in [-0.2, 0) is 0 Å². The van der Waals surface area contributed by atoms with Crippen molar-refractivity contribution in [2.45, 2.75) is 52.1 Å². The quantitative estimate of drug-likeness (QED) is 0.783. The van der Waals surface area contributed by atoms with Crippen molar-refractivity contribution in [1.29, 1.82) is 0 Å². The monoisotopic (exact) mass is 239 g/mol. The summed E-state index contributed by atoms with van der Waals surface area (Å²) in [5.41, 5.74) is 0.583. The number of rotatable bonds is 7. The Labute approximate surface area is 103 Å². The van der Waals surface area contributed by atoms with Gasteiger partial charge in [-0.2, -0.15) is 0 Å². The zero-order valence-electron chi connectivity index (χ0n) is 10.7. The van der Waals surface area contributed by atoms with Crippen LogP contribution in [0.5, 0.6) is 0 Å². The summed E-state index contributed by atoms with van der Waals surface area (Å²) in [5.74, 6) is 0.122. The Hall–Kier alpha value is -0.960. The molecular formula is C14H22FNO. The Bertz CT molecular complexity index is 330. The number of aromatic nitrogens is 1. The van der Waals surface area contributed by atoms with Crippen molar-refractivity contribution in [2.24, 2.45) is 5.92 Å². The Morgan fingerprint density at radius 1 is 1.35 bits per heavy atom. The summed E-state index contributed by atoms with van der Waals surface area (Å²) in [6, 6.07) is 1.37. The molecule has 0 aliphatic carbocycles. The van der Waals surface area contributed by atoms with Crippen molar-refractivity contribution >= 4 is 0 Å². The van der Waals surface area contributed by atoms with Gasteiger partial charge in [0, 0.05) is 11.8 Å². The van der Waals surface area contributed by atoms with Crippen molar-refractivity contribution in [3.8, 4) is 0 Å². The maximum atomic E-state index is 13.0. The predicted molar refractivity (Wildman–Crippen MR) is 67.1 cm³/mol. The van der Waals surface area contributed by atoms with Crippen molar-refractivity contribution in [1.82, 2.24) is 4.98 Å². The second-order valence-corrected chi connectivity index (χ2v) is 4.60. The summed E-state index contributed by atoms with van der Waals surface area (Å²) in [5, 5.41) is 10.0. The first-order valence-electron chi connectivity index (χ1n) is 6.45. The molecule has 0 aliphatic rings. The third kappa shape index (κ3) is 4.82. The van der Waals surface area contributed by atoms with Crippen molar-refractivity contribution < 1.29 is 9.50 Å². The van der Waals surface area contributed by atoms with E-state index in [9.17, 15) is 9.50 Å². The normalized spacial score (nSPS) is 14.6. The van der Waals surface area contributed by atoms with Gasteiger partial charge in [0.15, 0.2) is 0 Å². The smallest absolute Gasteiger partial charge is 0.141 e. The van der Waals surface area contributed by atoms with Gasteiger partial charge in [0.1, 0.15) is 5.82 Å². The first-order valence-corrected chi connectivity index (χ1v) is 6.45. The molecule has 1 aromatic heterocycles. The molecule has 0 amide bonds. The Morgan fingerprint density at radius 3 is 2.71 bits per heavy atom. The molecule has 0 aliphatic heterocycles. The third-order valence-corrected chi connectivity index (χ3v) is 3.21. The number of aliphatic hydroxyl groups excluding tert-OH is 1. The van der Waals surface area contributed by atoms with Crippen molar-refractivity contribution in [3.63, 3.8) is 0 Å². The summed E-state index contributed by atoms with van der Waals surface area (Å²) >= 11 is 0. The maximum absolute atomic E-state index is 13.0. The van der Waals surface area contributed by atoms with Gasteiger partial charge in [0.25, 0.3) is 0 Å². The fraction of sp³-hybridized carbons (Fsp3) is 0.643. The van der Waals surface area contributed by atoms with E-state index in [1.807, 2.05) is 0 Å². The molecule has 96 valence electrons. The Kier molecular flexibility index (Phi) is 6.12. The van der Waals surface area contributed by atoms with Gasteiger partial charge in [-0.1, -0.05) is 39.5 Å². The highest BCUT2D eigenvalue weighted by Crippen LogP contribution is 2.26. The third-order valence-electron chi connectivity index (χ3n) is 3.21. The molecule has 2 unspecified atom stereocenters. The molecule has 0 radical (unpaired) electrons. The van der Waals surface area contributed by atoms with Gasteiger partial charge in [-0.25, -0.2) is 4.39 Å². The first kappa shape index (κ1) is 14.1. The van der Waals surface area contributed by atoms with E-state index in [-0.39, 0.29) is 5.82 Å². The van der Waals surface area contributed by atoms with Crippen LogP contribution in [0.4, 0.5) is 4.39 Å². The molecule has 0 bridgehead atoms. The lowest BCUT2D eigenvalue weighted by Crippen LogP contribution is -2.07. The second kappa shape index (κ2) is 7.38. The minimum absolute atomic E-state index is 0.386. The number of halogens is 1. The lowest BCUT2D eigenvalue weighted by atomic mass is 9.91. The topological polar surface area (TPSA) is 33.1 Å². The molecule has 0 aromatic carbocycles. The van der Waals surface area contributed by atoms with E-state index in [1.54, 1.807) is 6.20 Å². The standard InChI is InChI=1S/C14H22FNO/c1-3-5-6-11(4-2)7-14(17)12-8-13(15)10-16-9-12/h8-11,14,17H,3-7H2,1-2H3. The van der Waals surface area contributed by atoms with E-state index < -0.39 is 6.10 Å². The molecule has 1 heterocycles. The molecule has 3 heteroatoms. The van der Waals surface area contributed by atoms with E-state index in [0.29, 0.717) is 17.9 Å². The van der Waals surface area contributed by atoms with Crippen LogP contribution in [0, 0.1) is 11.7 Å². The molecule has 0 saturated heterocycles. The Morgan fingerprint density at radius 2 is 2.12 bits per heavy atom. The van der Waals surface area contributed by atoms with Crippen LogP contribution >= 0.6 is 0 Å². The van der Waals surface area contributed by atoms with Gasteiger partial charge in [0.2, 0.25) is 0 Å². The highest BCUT2D eigenvalue weighted by atomic mass is 19.1. The van der Waals surface area contributed by atoms with Crippen LogP contribution < -0.4 is 0 Å². The molecule has 1 N–H and O–H groups in total. The predicted octanol–water partition coefficient (Wildman–Crippen LogP) is 3.86.